The van der Waals surface area contributed by atoms with Crippen molar-refractivity contribution in [1.82, 2.24) is 20.0 Å². The highest BCUT2D eigenvalue weighted by Crippen LogP contribution is 2.15. The highest BCUT2D eigenvalue weighted by Gasteiger charge is 2.12. The van der Waals surface area contributed by atoms with Crippen LogP contribution in [0.4, 0.5) is 5.82 Å². The minimum Gasteiger partial charge on any atom is -0.366 e. The van der Waals surface area contributed by atoms with Crippen LogP contribution in [0.25, 0.3) is 5.69 Å². The molecule has 0 fully saturated rings. The molecular weight excluding hydrogens is 300 g/mol. The number of nitrogens with zero attached hydrogens (tertiary/aromatic N) is 5. The van der Waals surface area contributed by atoms with Crippen molar-refractivity contribution in [3.63, 3.8) is 0 Å². The van der Waals surface area contributed by atoms with Crippen LogP contribution in [0.2, 0.25) is 0 Å². The largest absolute Gasteiger partial charge is 0.366 e. The van der Waals surface area contributed by atoms with Gasteiger partial charge in [-0.1, -0.05) is 18.2 Å². The van der Waals surface area contributed by atoms with E-state index in [2.05, 4.69) is 33.6 Å². The number of para-hydroxylation sites is 1. The van der Waals surface area contributed by atoms with Gasteiger partial charge in [0.2, 0.25) is 0 Å². The van der Waals surface area contributed by atoms with Gasteiger partial charge in [0.05, 0.1) is 11.4 Å². The lowest BCUT2D eigenvalue weighted by atomic mass is 10.1. The molecule has 0 amide bonds. The molecule has 1 aromatic carbocycles. The van der Waals surface area contributed by atoms with Crippen molar-refractivity contribution in [2.24, 2.45) is 0 Å². The molecule has 6 nitrogen and oxygen atoms in total. The van der Waals surface area contributed by atoms with Gasteiger partial charge in [0, 0.05) is 18.2 Å². The Bertz CT molecular complexity index is 845. The van der Waals surface area contributed by atoms with Crippen LogP contribution in [0.3, 0.4) is 0 Å². The van der Waals surface area contributed by atoms with Crippen molar-refractivity contribution < 1.29 is 0 Å². The summed E-state index contributed by atoms with van der Waals surface area (Å²) >= 11 is 0. The van der Waals surface area contributed by atoms with E-state index in [1.54, 1.807) is 12.1 Å². The van der Waals surface area contributed by atoms with Crippen molar-refractivity contribution in [2.45, 2.75) is 26.3 Å². The Morgan fingerprint density at radius 2 is 1.96 bits per heavy atom. The number of rotatable bonds is 5. The second-order valence-electron chi connectivity index (χ2n) is 5.69. The molecule has 0 aliphatic rings. The standard InChI is InChI=1S/C18H18N6/c1-13(20-18-9-8-15(12-19)21-22-18)10-17-11-14(2)23-24(17)16-6-4-3-5-7-16/h3-9,11,13H,10H2,1-2H3,(H,20,22). The molecule has 0 bridgehead atoms. The summed E-state index contributed by atoms with van der Waals surface area (Å²) in [5.41, 5.74) is 3.47. The number of aryl methyl sites for hydroxylation is 1. The molecule has 0 spiro atoms. The lowest BCUT2D eigenvalue weighted by molar-refractivity contribution is 0.715. The molecule has 0 radical (unpaired) electrons. The lowest BCUT2D eigenvalue weighted by Crippen LogP contribution is -2.21. The summed E-state index contributed by atoms with van der Waals surface area (Å²) in [6.07, 6.45) is 0.789. The zero-order valence-corrected chi connectivity index (χ0v) is 13.6. The summed E-state index contributed by atoms with van der Waals surface area (Å²) in [4.78, 5) is 0. The van der Waals surface area contributed by atoms with E-state index in [1.165, 1.54) is 0 Å². The molecule has 0 saturated carbocycles. The molecule has 3 rings (SSSR count). The number of benzene rings is 1. The summed E-state index contributed by atoms with van der Waals surface area (Å²) in [5, 5.41) is 24.5. The molecule has 0 aliphatic heterocycles. The highest BCUT2D eigenvalue weighted by atomic mass is 15.3. The van der Waals surface area contributed by atoms with Crippen molar-refractivity contribution in [2.75, 3.05) is 5.32 Å². The van der Waals surface area contributed by atoms with Gasteiger partial charge in [-0.2, -0.15) is 10.4 Å². The molecule has 1 N–H and O–H groups in total. The van der Waals surface area contributed by atoms with Crippen LogP contribution < -0.4 is 5.32 Å². The Morgan fingerprint density at radius 3 is 2.62 bits per heavy atom. The van der Waals surface area contributed by atoms with Gasteiger partial charge in [-0.15, -0.1) is 10.2 Å². The fourth-order valence-corrected chi connectivity index (χ4v) is 2.58. The van der Waals surface area contributed by atoms with Gasteiger partial charge in [-0.05, 0) is 44.2 Å². The Labute approximate surface area is 140 Å². The molecular formula is C18H18N6. The zero-order chi connectivity index (χ0) is 16.9. The summed E-state index contributed by atoms with van der Waals surface area (Å²) < 4.78 is 1.97. The normalized spacial score (nSPS) is 11.7. The lowest BCUT2D eigenvalue weighted by Gasteiger charge is -2.15. The third kappa shape index (κ3) is 3.58. The smallest absolute Gasteiger partial charge is 0.163 e. The van der Waals surface area contributed by atoms with Crippen LogP contribution in [-0.4, -0.2) is 26.0 Å². The Morgan fingerprint density at radius 1 is 1.17 bits per heavy atom. The second kappa shape index (κ2) is 6.92. The van der Waals surface area contributed by atoms with E-state index in [9.17, 15) is 0 Å². The van der Waals surface area contributed by atoms with Gasteiger partial charge in [0.15, 0.2) is 5.69 Å². The molecule has 1 unspecified atom stereocenters. The van der Waals surface area contributed by atoms with Crippen molar-refractivity contribution in [1.29, 1.82) is 5.26 Å². The molecule has 1 atom stereocenters. The fraction of sp³-hybridized carbons (Fsp3) is 0.222. The summed E-state index contributed by atoms with van der Waals surface area (Å²) in [6, 6.07) is 17.7. The Hall–Kier alpha value is -3.20. The molecule has 2 heterocycles. The van der Waals surface area contributed by atoms with Crippen LogP contribution in [0, 0.1) is 18.3 Å². The van der Waals surface area contributed by atoms with Crippen molar-refractivity contribution in [3.8, 4) is 11.8 Å². The number of hydrogen-bond acceptors (Lipinski definition) is 5. The number of hydrogen-bond donors (Lipinski definition) is 1. The maximum Gasteiger partial charge on any atom is 0.163 e. The molecule has 0 saturated heterocycles. The average Bonchev–Trinajstić information content (AvgIpc) is 2.96. The quantitative estimate of drug-likeness (QED) is 0.782. The monoisotopic (exact) mass is 318 g/mol. The number of anilines is 1. The predicted molar refractivity (Wildman–Crippen MR) is 91.8 cm³/mol. The first-order chi connectivity index (χ1) is 11.7. The van der Waals surface area contributed by atoms with E-state index in [4.69, 9.17) is 5.26 Å². The zero-order valence-electron chi connectivity index (χ0n) is 13.6. The fourth-order valence-electron chi connectivity index (χ4n) is 2.58. The molecule has 3 aromatic rings. The van der Waals surface area contributed by atoms with E-state index in [-0.39, 0.29) is 6.04 Å². The first-order valence-electron chi connectivity index (χ1n) is 7.77. The topological polar surface area (TPSA) is 79.4 Å². The maximum absolute atomic E-state index is 8.76. The second-order valence-corrected chi connectivity index (χ2v) is 5.69. The summed E-state index contributed by atoms with van der Waals surface area (Å²) in [6.45, 7) is 4.07. The minimum atomic E-state index is 0.144. The molecule has 120 valence electrons. The Kier molecular flexibility index (Phi) is 4.52. The first kappa shape index (κ1) is 15.7. The number of aromatic nitrogens is 4. The van der Waals surface area contributed by atoms with Gasteiger partial charge in [-0.25, -0.2) is 4.68 Å². The minimum absolute atomic E-state index is 0.144. The van der Waals surface area contributed by atoms with E-state index in [1.807, 2.05) is 48.0 Å². The molecule has 0 aliphatic carbocycles. The third-order valence-corrected chi connectivity index (χ3v) is 3.59. The molecule has 6 heteroatoms. The highest BCUT2D eigenvalue weighted by molar-refractivity contribution is 5.37. The van der Waals surface area contributed by atoms with Gasteiger partial charge in [-0.3, -0.25) is 0 Å². The van der Waals surface area contributed by atoms with Gasteiger partial charge in [0.1, 0.15) is 11.9 Å². The van der Waals surface area contributed by atoms with Gasteiger partial charge < -0.3 is 5.32 Å². The van der Waals surface area contributed by atoms with Crippen LogP contribution in [0.15, 0.2) is 48.5 Å². The van der Waals surface area contributed by atoms with E-state index in [0.29, 0.717) is 11.5 Å². The average molecular weight is 318 g/mol. The van der Waals surface area contributed by atoms with Gasteiger partial charge >= 0.3 is 0 Å². The SMILES string of the molecule is Cc1cc(CC(C)Nc2ccc(C#N)nn2)n(-c2ccccc2)n1. The van der Waals surface area contributed by atoms with Crippen LogP contribution in [0.1, 0.15) is 24.0 Å². The predicted octanol–water partition coefficient (Wildman–Crippen LogP) is 2.89. The van der Waals surface area contributed by atoms with Crippen LogP contribution >= 0.6 is 0 Å². The van der Waals surface area contributed by atoms with Crippen molar-refractivity contribution in [3.05, 3.63) is 65.6 Å². The van der Waals surface area contributed by atoms with E-state index in [0.717, 1.165) is 23.5 Å². The van der Waals surface area contributed by atoms with E-state index < -0.39 is 0 Å². The van der Waals surface area contributed by atoms with Crippen molar-refractivity contribution >= 4 is 5.82 Å². The number of nitrogens with one attached hydrogen (secondary N) is 1. The Balaban J connectivity index is 1.75. The van der Waals surface area contributed by atoms with Crippen LogP contribution in [0.5, 0.6) is 0 Å². The van der Waals surface area contributed by atoms with E-state index >= 15 is 0 Å². The first-order valence-corrected chi connectivity index (χ1v) is 7.77. The summed E-state index contributed by atoms with van der Waals surface area (Å²) in [7, 11) is 0. The van der Waals surface area contributed by atoms with Gasteiger partial charge in [0.25, 0.3) is 0 Å². The molecule has 24 heavy (non-hydrogen) atoms. The third-order valence-electron chi connectivity index (χ3n) is 3.59. The maximum atomic E-state index is 8.76. The summed E-state index contributed by atoms with van der Waals surface area (Å²) in [5.74, 6) is 0.656. The van der Waals surface area contributed by atoms with Crippen LogP contribution in [-0.2, 0) is 6.42 Å². The number of nitriles is 1. The molecule has 2 aromatic heterocycles.